The first-order chi connectivity index (χ1) is 10.6. The molecule has 6 nitrogen and oxygen atoms in total. The highest BCUT2D eigenvalue weighted by molar-refractivity contribution is 7.94. The first-order valence-corrected chi connectivity index (χ1v) is 9.14. The van der Waals surface area contributed by atoms with Crippen molar-refractivity contribution in [2.45, 2.75) is 10.6 Å². The van der Waals surface area contributed by atoms with Gasteiger partial charge in [0.25, 0.3) is 10.0 Å². The Morgan fingerprint density at radius 2 is 1.95 bits per heavy atom. The highest BCUT2D eigenvalue weighted by atomic mass is 32.2. The fraction of sp³-hybridized carbons (Fsp3) is 0.214. The Morgan fingerprint density at radius 1 is 1.18 bits per heavy atom. The molecule has 1 aromatic heterocycles. The quantitative estimate of drug-likeness (QED) is 0.899. The number of sulfonamides is 1. The summed E-state index contributed by atoms with van der Waals surface area (Å²) in [6.07, 6.45) is 0.887. The van der Waals surface area contributed by atoms with E-state index in [2.05, 4.69) is 10.0 Å². The molecule has 0 radical (unpaired) electrons. The third kappa shape index (κ3) is 3.07. The van der Waals surface area contributed by atoms with Gasteiger partial charge in [-0.05, 0) is 42.1 Å². The van der Waals surface area contributed by atoms with E-state index in [1.807, 2.05) is 0 Å². The van der Waals surface area contributed by atoms with Crippen molar-refractivity contribution in [3.63, 3.8) is 0 Å². The second-order valence-corrected chi connectivity index (χ2v) is 7.68. The number of nitrogens with zero attached hydrogens (tertiary/aromatic N) is 1. The van der Waals surface area contributed by atoms with Gasteiger partial charge in [-0.2, -0.15) is 0 Å². The van der Waals surface area contributed by atoms with Crippen LogP contribution in [-0.2, 0) is 10.0 Å². The molecule has 1 aliphatic heterocycles. The van der Waals surface area contributed by atoms with Crippen LogP contribution in [0.15, 0.2) is 46.0 Å². The third-order valence-corrected chi connectivity index (χ3v) is 6.05. The largest absolute Gasteiger partial charge is 0.338 e. The number of urea groups is 1. The van der Waals surface area contributed by atoms with Crippen molar-refractivity contribution in [1.29, 1.82) is 0 Å². The van der Waals surface area contributed by atoms with Gasteiger partial charge in [-0.1, -0.05) is 6.07 Å². The monoisotopic (exact) mass is 337 g/mol. The maximum Gasteiger partial charge on any atom is 0.321 e. The van der Waals surface area contributed by atoms with E-state index in [1.165, 1.54) is 0 Å². The molecule has 2 heterocycles. The number of rotatable bonds is 4. The average Bonchev–Trinajstić information content (AvgIpc) is 3.04. The molecule has 0 bridgehead atoms. The van der Waals surface area contributed by atoms with E-state index >= 15 is 0 Å². The molecule has 2 N–H and O–H groups in total. The predicted octanol–water partition coefficient (Wildman–Crippen LogP) is 2.47. The van der Waals surface area contributed by atoms with Crippen LogP contribution < -0.4 is 14.9 Å². The van der Waals surface area contributed by atoms with Crippen LogP contribution in [0.3, 0.4) is 0 Å². The molecule has 1 fully saturated rings. The van der Waals surface area contributed by atoms with E-state index in [0.717, 1.165) is 23.4 Å². The summed E-state index contributed by atoms with van der Waals surface area (Å²) in [5.41, 5.74) is 1.21. The van der Waals surface area contributed by atoms with Crippen LogP contribution in [0.2, 0.25) is 0 Å². The lowest BCUT2D eigenvalue weighted by atomic mass is 10.2. The van der Waals surface area contributed by atoms with Gasteiger partial charge >= 0.3 is 6.03 Å². The molecule has 3 rings (SSSR count). The standard InChI is InChI=1S/C14H15N3O3S2/c18-14-15-8-2-9-17(14)12-6-4-11(5-7-12)16-22(19,20)13-3-1-10-21-13/h1,3-7,10,16H,2,8-9H2,(H,15,18). The minimum absolute atomic E-state index is 0.127. The van der Waals surface area contributed by atoms with Gasteiger partial charge in [0.05, 0.1) is 0 Å². The summed E-state index contributed by atoms with van der Waals surface area (Å²) in [6.45, 7) is 1.35. The van der Waals surface area contributed by atoms with Crippen LogP contribution >= 0.6 is 11.3 Å². The number of benzene rings is 1. The van der Waals surface area contributed by atoms with Crippen molar-refractivity contribution in [3.8, 4) is 0 Å². The maximum atomic E-state index is 12.1. The number of nitrogens with one attached hydrogen (secondary N) is 2. The molecule has 8 heteroatoms. The second kappa shape index (κ2) is 5.98. The van der Waals surface area contributed by atoms with E-state index in [9.17, 15) is 13.2 Å². The van der Waals surface area contributed by atoms with Crippen LogP contribution in [0, 0.1) is 0 Å². The lowest BCUT2D eigenvalue weighted by molar-refractivity contribution is 0.243. The lowest BCUT2D eigenvalue weighted by Crippen LogP contribution is -2.46. The summed E-state index contributed by atoms with van der Waals surface area (Å²) in [5.74, 6) is 0. The Balaban J connectivity index is 1.76. The third-order valence-electron chi connectivity index (χ3n) is 3.27. The van der Waals surface area contributed by atoms with Gasteiger partial charge in [0.15, 0.2) is 0 Å². The minimum atomic E-state index is -3.54. The first-order valence-electron chi connectivity index (χ1n) is 6.78. The number of hydrogen-bond acceptors (Lipinski definition) is 4. The molecule has 2 amide bonds. The number of amides is 2. The van der Waals surface area contributed by atoms with Gasteiger partial charge in [0.1, 0.15) is 4.21 Å². The Hall–Kier alpha value is -2.06. The smallest absolute Gasteiger partial charge is 0.321 e. The summed E-state index contributed by atoms with van der Waals surface area (Å²) >= 11 is 1.16. The van der Waals surface area contributed by atoms with E-state index in [0.29, 0.717) is 18.8 Å². The van der Waals surface area contributed by atoms with E-state index in [-0.39, 0.29) is 10.2 Å². The fourth-order valence-corrected chi connectivity index (χ4v) is 4.26. The van der Waals surface area contributed by atoms with Crippen LogP contribution in [0.5, 0.6) is 0 Å². The number of anilines is 2. The molecule has 0 aliphatic carbocycles. The zero-order valence-electron chi connectivity index (χ0n) is 11.7. The van der Waals surface area contributed by atoms with Crippen molar-refractivity contribution < 1.29 is 13.2 Å². The summed E-state index contributed by atoms with van der Waals surface area (Å²) in [5, 5.41) is 4.49. The molecule has 2 aromatic rings. The van der Waals surface area contributed by atoms with Gasteiger partial charge in [0, 0.05) is 24.5 Å². The van der Waals surface area contributed by atoms with E-state index in [1.54, 1.807) is 46.7 Å². The maximum absolute atomic E-state index is 12.1. The second-order valence-electron chi connectivity index (χ2n) is 4.82. The zero-order valence-corrected chi connectivity index (χ0v) is 13.3. The summed E-state index contributed by atoms with van der Waals surface area (Å²) < 4.78 is 27.0. The van der Waals surface area contributed by atoms with Gasteiger partial charge < -0.3 is 5.32 Å². The molecule has 1 saturated heterocycles. The number of carbonyl (C=O) groups is 1. The molecule has 0 unspecified atom stereocenters. The van der Waals surface area contributed by atoms with Gasteiger partial charge in [-0.25, -0.2) is 13.2 Å². The lowest BCUT2D eigenvalue weighted by Gasteiger charge is -2.27. The highest BCUT2D eigenvalue weighted by Gasteiger charge is 2.19. The minimum Gasteiger partial charge on any atom is -0.338 e. The van der Waals surface area contributed by atoms with Crippen molar-refractivity contribution >= 4 is 38.8 Å². The molecule has 0 spiro atoms. The molecule has 116 valence electrons. The van der Waals surface area contributed by atoms with Crippen LogP contribution in [0.4, 0.5) is 16.2 Å². The SMILES string of the molecule is O=C1NCCCN1c1ccc(NS(=O)(=O)c2cccs2)cc1. The van der Waals surface area contributed by atoms with Crippen molar-refractivity contribution in [1.82, 2.24) is 5.32 Å². The average molecular weight is 337 g/mol. The molecule has 1 aliphatic rings. The Morgan fingerprint density at radius 3 is 2.59 bits per heavy atom. The Kier molecular flexibility index (Phi) is 4.04. The molecule has 1 aromatic carbocycles. The molecular formula is C14H15N3O3S2. The topological polar surface area (TPSA) is 78.5 Å². The van der Waals surface area contributed by atoms with Crippen LogP contribution in [0.1, 0.15) is 6.42 Å². The van der Waals surface area contributed by atoms with Gasteiger partial charge in [-0.3, -0.25) is 9.62 Å². The first kappa shape index (κ1) is 14.9. The van der Waals surface area contributed by atoms with Crippen molar-refractivity contribution in [2.75, 3.05) is 22.7 Å². The summed E-state index contributed by atoms with van der Waals surface area (Å²) in [4.78, 5) is 13.4. The van der Waals surface area contributed by atoms with Crippen molar-refractivity contribution in [2.24, 2.45) is 0 Å². The molecule has 0 atom stereocenters. The number of carbonyl (C=O) groups excluding carboxylic acids is 1. The van der Waals surface area contributed by atoms with E-state index in [4.69, 9.17) is 0 Å². The molecule has 22 heavy (non-hydrogen) atoms. The van der Waals surface area contributed by atoms with E-state index < -0.39 is 10.0 Å². The normalized spacial score (nSPS) is 15.5. The van der Waals surface area contributed by atoms with Crippen molar-refractivity contribution in [3.05, 3.63) is 41.8 Å². The van der Waals surface area contributed by atoms with Crippen LogP contribution in [0.25, 0.3) is 0 Å². The van der Waals surface area contributed by atoms with Crippen LogP contribution in [-0.4, -0.2) is 27.5 Å². The summed E-state index contributed by atoms with van der Waals surface area (Å²) in [6, 6.07) is 9.90. The molecule has 0 saturated carbocycles. The number of hydrogen-bond donors (Lipinski definition) is 2. The number of thiophene rings is 1. The summed E-state index contributed by atoms with van der Waals surface area (Å²) in [7, 11) is -3.54. The zero-order chi connectivity index (χ0) is 15.6. The van der Waals surface area contributed by atoms with Gasteiger partial charge in [-0.15, -0.1) is 11.3 Å². The van der Waals surface area contributed by atoms with Gasteiger partial charge in [0.2, 0.25) is 0 Å². The Labute approximate surface area is 132 Å². The highest BCUT2D eigenvalue weighted by Crippen LogP contribution is 2.23. The molecular weight excluding hydrogens is 322 g/mol. The Bertz CT molecular complexity index is 755. The predicted molar refractivity (Wildman–Crippen MR) is 86.9 cm³/mol. The fourth-order valence-electron chi connectivity index (χ4n) is 2.21.